The second kappa shape index (κ2) is 12.6. The minimum atomic E-state index is -0.502. The zero-order valence-electron chi connectivity index (χ0n) is 26.0. The number of hydrogen-bond acceptors (Lipinski definition) is 5. The van der Waals surface area contributed by atoms with E-state index >= 15 is 0 Å². The van der Waals surface area contributed by atoms with Crippen molar-refractivity contribution in [3.63, 3.8) is 0 Å². The summed E-state index contributed by atoms with van der Waals surface area (Å²) >= 11 is 0. The third kappa shape index (κ3) is 6.59. The number of ketones is 1. The number of carbonyl (C=O) groups is 2. The molecule has 3 aliphatic rings. The van der Waals surface area contributed by atoms with E-state index in [2.05, 4.69) is 49.4 Å². The number of rotatable bonds is 10. The Morgan fingerprint density at radius 1 is 1.05 bits per heavy atom. The van der Waals surface area contributed by atoms with Crippen molar-refractivity contribution in [1.82, 2.24) is 0 Å². The highest BCUT2D eigenvalue weighted by Crippen LogP contribution is 2.59. The summed E-state index contributed by atoms with van der Waals surface area (Å²) in [6.45, 7) is 8.37. The molecule has 224 valence electrons. The molecule has 0 radical (unpaired) electrons. The monoisotopic (exact) mass is 569 g/mol. The molecule has 0 N–H and O–H groups in total. The van der Waals surface area contributed by atoms with E-state index in [4.69, 9.17) is 14.7 Å². The van der Waals surface area contributed by atoms with Crippen LogP contribution in [-0.4, -0.2) is 17.4 Å². The normalized spacial score (nSPS) is 24.7. The van der Waals surface area contributed by atoms with E-state index in [9.17, 15) is 9.59 Å². The zero-order chi connectivity index (χ0) is 29.9. The molecule has 0 bridgehead atoms. The Balaban J connectivity index is 1.29. The van der Waals surface area contributed by atoms with Crippen LogP contribution >= 0.6 is 0 Å². The Hall–Kier alpha value is -3.13. The molecular formula is C37H47NO4. The third-order valence-corrected chi connectivity index (χ3v) is 10.2. The molecule has 3 aliphatic carbocycles. The van der Waals surface area contributed by atoms with Gasteiger partial charge in [-0.15, -0.1) is 0 Å². The van der Waals surface area contributed by atoms with Crippen molar-refractivity contribution in [2.24, 2.45) is 17.3 Å². The molecule has 0 amide bonds. The molecular weight excluding hydrogens is 522 g/mol. The summed E-state index contributed by atoms with van der Waals surface area (Å²) in [7, 11) is 0. The van der Waals surface area contributed by atoms with Gasteiger partial charge in [0.25, 0.3) is 0 Å². The summed E-state index contributed by atoms with van der Waals surface area (Å²) in [5.41, 5.74) is 5.77. The van der Waals surface area contributed by atoms with Gasteiger partial charge < -0.3 is 9.47 Å². The number of unbranched alkanes of at least 4 members (excludes halogenated alkanes) is 2. The molecule has 2 aromatic rings. The predicted molar refractivity (Wildman–Crippen MR) is 164 cm³/mol. The molecule has 5 rings (SSSR count). The second-order valence-corrected chi connectivity index (χ2v) is 14.0. The van der Waals surface area contributed by atoms with E-state index < -0.39 is 5.60 Å². The molecule has 4 atom stereocenters. The molecule has 2 saturated carbocycles. The SMILES string of the molecule is CC(C)(C)OC(=O)CCc1c(CCCCC#N)cccc1COc1ccc2c(c1)CC[C@@H]1[C@@H]2CC[C@]2(C)C(=O)CC[C@@H]12. The summed E-state index contributed by atoms with van der Waals surface area (Å²) in [6.07, 6.45) is 10.4. The number of hydrogen-bond donors (Lipinski definition) is 0. The molecule has 0 spiro atoms. The number of nitrogens with zero attached hydrogens (tertiary/aromatic N) is 1. The fourth-order valence-electron chi connectivity index (χ4n) is 8.10. The number of aryl methyl sites for hydroxylation is 2. The first-order chi connectivity index (χ1) is 20.1. The van der Waals surface area contributed by atoms with Crippen molar-refractivity contribution in [2.45, 2.75) is 123 Å². The van der Waals surface area contributed by atoms with E-state index in [0.717, 1.165) is 74.7 Å². The van der Waals surface area contributed by atoms with Crippen molar-refractivity contribution >= 4 is 11.8 Å². The van der Waals surface area contributed by atoms with Crippen LogP contribution in [0.3, 0.4) is 0 Å². The lowest BCUT2D eigenvalue weighted by Gasteiger charge is -2.48. The highest BCUT2D eigenvalue weighted by Gasteiger charge is 2.54. The Morgan fingerprint density at radius 3 is 2.64 bits per heavy atom. The predicted octanol–water partition coefficient (Wildman–Crippen LogP) is 8.20. The number of nitriles is 1. The van der Waals surface area contributed by atoms with Gasteiger partial charge in [-0.05, 0) is 136 Å². The molecule has 0 heterocycles. The number of benzene rings is 2. The van der Waals surface area contributed by atoms with Crippen molar-refractivity contribution in [3.8, 4) is 11.8 Å². The van der Waals surface area contributed by atoms with Gasteiger partial charge in [-0.3, -0.25) is 9.59 Å². The van der Waals surface area contributed by atoms with Crippen molar-refractivity contribution in [1.29, 1.82) is 5.26 Å². The standard InChI is InChI=1S/C37H47NO4/c1-36(2,3)42-35(40)19-16-29-25(9-6-5-7-22-38)10-8-11-27(29)24-41-28-13-15-30-26(23-28)12-14-32-31(30)20-21-37(4)33(32)17-18-34(37)39/h8,10-11,13,15,23,31-33H,5-7,9,12,14,16-21,24H2,1-4H3/t31-,32-,33+,37+/m1/s1. The van der Waals surface area contributed by atoms with Gasteiger partial charge >= 0.3 is 5.97 Å². The van der Waals surface area contributed by atoms with Gasteiger partial charge in [0, 0.05) is 24.7 Å². The summed E-state index contributed by atoms with van der Waals surface area (Å²) in [6, 6.07) is 15.2. The van der Waals surface area contributed by atoms with Crippen molar-refractivity contribution in [2.75, 3.05) is 0 Å². The Labute approximate surface area is 252 Å². The van der Waals surface area contributed by atoms with Crippen molar-refractivity contribution in [3.05, 3.63) is 64.2 Å². The van der Waals surface area contributed by atoms with Gasteiger partial charge in [0.05, 0.1) is 6.07 Å². The summed E-state index contributed by atoms with van der Waals surface area (Å²) in [5.74, 6) is 2.92. The van der Waals surface area contributed by atoms with Gasteiger partial charge in [-0.25, -0.2) is 0 Å². The lowest BCUT2D eigenvalue weighted by Crippen LogP contribution is -2.42. The van der Waals surface area contributed by atoms with Gasteiger partial charge in [0.1, 0.15) is 23.7 Å². The van der Waals surface area contributed by atoms with E-state index in [1.807, 2.05) is 20.8 Å². The molecule has 42 heavy (non-hydrogen) atoms. The molecule has 0 unspecified atom stereocenters. The quantitative estimate of drug-likeness (QED) is 0.213. The summed E-state index contributed by atoms with van der Waals surface area (Å²) < 4.78 is 12.0. The summed E-state index contributed by atoms with van der Waals surface area (Å²) in [5, 5.41) is 8.94. The molecule has 5 nitrogen and oxygen atoms in total. The zero-order valence-corrected chi connectivity index (χ0v) is 26.0. The highest BCUT2D eigenvalue weighted by molar-refractivity contribution is 5.87. The van der Waals surface area contributed by atoms with Crippen LogP contribution in [0.1, 0.15) is 119 Å². The summed E-state index contributed by atoms with van der Waals surface area (Å²) in [4.78, 5) is 25.2. The first-order valence-electron chi connectivity index (χ1n) is 16.1. The lowest BCUT2D eigenvalue weighted by molar-refractivity contribution is -0.154. The smallest absolute Gasteiger partial charge is 0.306 e. The first kappa shape index (κ1) is 30.3. The molecule has 5 heteroatoms. The van der Waals surface area contributed by atoms with Crippen molar-refractivity contribution < 1.29 is 19.1 Å². The van der Waals surface area contributed by atoms with Crippen LogP contribution in [0, 0.1) is 28.6 Å². The fraction of sp³-hybridized carbons (Fsp3) is 0.595. The van der Waals surface area contributed by atoms with E-state index in [1.165, 1.54) is 16.7 Å². The largest absolute Gasteiger partial charge is 0.489 e. The van der Waals surface area contributed by atoms with Gasteiger partial charge in [-0.2, -0.15) is 5.26 Å². The molecule has 0 saturated heterocycles. The van der Waals surface area contributed by atoms with Crippen LogP contribution in [0.25, 0.3) is 0 Å². The first-order valence-corrected chi connectivity index (χ1v) is 16.1. The number of esters is 1. The Morgan fingerprint density at radius 2 is 1.86 bits per heavy atom. The minimum absolute atomic E-state index is 0.0901. The number of Topliss-reactive ketones (excluding diaryl/α,β-unsaturated/α-hetero) is 1. The van der Waals surface area contributed by atoms with Gasteiger partial charge in [-0.1, -0.05) is 31.2 Å². The average Bonchev–Trinajstić information content (AvgIpc) is 3.26. The van der Waals surface area contributed by atoms with Crippen LogP contribution in [0.4, 0.5) is 0 Å². The van der Waals surface area contributed by atoms with E-state index in [-0.39, 0.29) is 11.4 Å². The second-order valence-electron chi connectivity index (χ2n) is 14.0. The molecule has 2 aromatic carbocycles. The van der Waals surface area contributed by atoms with E-state index in [0.29, 0.717) is 49.4 Å². The Bertz CT molecular complexity index is 1350. The van der Waals surface area contributed by atoms with Crippen LogP contribution in [0.2, 0.25) is 0 Å². The van der Waals surface area contributed by atoms with Crippen LogP contribution in [-0.2, 0) is 40.2 Å². The van der Waals surface area contributed by atoms with Gasteiger partial charge in [0.15, 0.2) is 0 Å². The Kier molecular flexibility index (Phi) is 9.11. The van der Waals surface area contributed by atoms with Crippen LogP contribution in [0.15, 0.2) is 36.4 Å². The fourth-order valence-corrected chi connectivity index (χ4v) is 8.10. The number of carbonyl (C=O) groups excluding carboxylic acids is 2. The minimum Gasteiger partial charge on any atom is -0.489 e. The van der Waals surface area contributed by atoms with E-state index in [1.54, 1.807) is 0 Å². The van der Waals surface area contributed by atoms with Crippen LogP contribution < -0.4 is 4.74 Å². The highest BCUT2D eigenvalue weighted by atomic mass is 16.6. The number of fused-ring (bicyclic) bond motifs is 5. The molecule has 0 aliphatic heterocycles. The maximum atomic E-state index is 12.7. The maximum absolute atomic E-state index is 12.7. The third-order valence-electron chi connectivity index (χ3n) is 10.2. The average molecular weight is 570 g/mol. The number of ether oxygens (including phenoxy) is 2. The lowest BCUT2D eigenvalue weighted by atomic mass is 9.55. The van der Waals surface area contributed by atoms with Crippen LogP contribution in [0.5, 0.6) is 5.75 Å². The molecule has 0 aromatic heterocycles. The van der Waals surface area contributed by atoms with Gasteiger partial charge in [0.2, 0.25) is 0 Å². The molecule has 2 fully saturated rings. The maximum Gasteiger partial charge on any atom is 0.306 e. The topological polar surface area (TPSA) is 76.4 Å².